The molecule has 1 aliphatic heterocycles. The van der Waals surface area contributed by atoms with Crippen LogP contribution in [0.4, 0.5) is 5.69 Å². The average Bonchev–Trinajstić information content (AvgIpc) is 3.02. The summed E-state index contributed by atoms with van der Waals surface area (Å²) in [6, 6.07) is 14.4. The molecule has 0 aromatic heterocycles. The molecule has 3 rings (SSSR count). The Morgan fingerprint density at radius 2 is 1.92 bits per heavy atom. The van der Waals surface area contributed by atoms with E-state index in [9.17, 15) is 4.79 Å². The van der Waals surface area contributed by atoms with Crippen LogP contribution in [0.25, 0.3) is 0 Å². The lowest BCUT2D eigenvalue weighted by Gasteiger charge is -2.16. The van der Waals surface area contributed by atoms with E-state index in [2.05, 4.69) is 50.8 Å². The summed E-state index contributed by atoms with van der Waals surface area (Å²) in [7, 11) is 0. The molecule has 4 nitrogen and oxygen atoms in total. The average molecular weight is 432 g/mol. The van der Waals surface area contributed by atoms with Crippen LogP contribution in [0.3, 0.4) is 0 Å². The largest absolute Gasteiger partial charge is 0.358 e. The van der Waals surface area contributed by atoms with Crippen LogP contribution in [0, 0.1) is 6.92 Å². The summed E-state index contributed by atoms with van der Waals surface area (Å²) >= 11 is 8.86. The lowest BCUT2D eigenvalue weighted by atomic mass is 10.1. The van der Waals surface area contributed by atoms with Crippen molar-refractivity contribution in [1.82, 2.24) is 10.2 Å². The topological polar surface area (TPSA) is 44.4 Å². The Bertz CT molecular complexity index is 807. The molecule has 1 aliphatic rings. The summed E-state index contributed by atoms with van der Waals surface area (Å²) in [4.78, 5) is 13.6. The molecule has 26 heavy (non-hydrogen) atoms. The first-order valence-electron chi connectivity index (χ1n) is 8.68. The second-order valence-corrected chi connectivity index (χ2v) is 7.77. The number of carbonyl (C=O) groups is 1. The third-order valence-corrected chi connectivity index (χ3v) is 5.57. The number of thiocarbonyl (C=S) groups is 1. The van der Waals surface area contributed by atoms with Crippen LogP contribution in [-0.2, 0) is 17.9 Å². The molecule has 0 saturated carbocycles. The maximum Gasteiger partial charge on any atom is 0.222 e. The van der Waals surface area contributed by atoms with Crippen molar-refractivity contribution in [2.75, 3.05) is 11.9 Å². The van der Waals surface area contributed by atoms with Gasteiger partial charge in [0.2, 0.25) is 5.91 Å². The van der Waals surface area contributed by atoms with E-state index in [0.29, 0.717) is 24.6 Å². The lowest BCUT2D eigenvalue weighted by Crippen LogP contribution is -2.28. The van der Waals surface area contributed by atoms with Crippen molar-refractivity contribution in [1.29, 1.82) is 0 Å². The molecule has 1 heterocycles. The van der Waals surface area contributed by atoms with Gasteiger partial charge in [0.1, 0.15) is 0 Å². The highest BCUT2D eigenvalue weighted by atomic mass is 79.9. The molecule has 0 bridgehead atoms. The first-order chi connectivity index (χ1) is 12.5. The van der Waals surface area contributed by atoms with Crippen molar-refractivity contribution in [3.05, 3.63) is 63.6 Å². The molecule has 2 aromatic carbocycles. The van der Waals surface area contributed by atoms with Gasteiger partial charge in [-0.15, -0.1) is 0 Å². The molecular formula is C20H22BrN3OS. The summed E-state index contributed by atoms with van der Waals surface area (Å²) < 4.78 is 1.08. The fourth-order valence-electron chi connectivity index (χ4n) is 2.93. The maximum atomic E-state index is 11.7. The molecule has 2 N–H and O–H groups in total. The van der Waals surface area contributed by atoms with Crippen LogP contribution in [0.5, 0.6) is 0 Å². The quantitative estimate of drug-likeness (QED) is 0.689. The molecule has 0 spiro atoms. The van der Waals surface area contributed by atoms with Crippen LogP contribution < -0.4 is 10.6 Å². The van der Waals surface area contributed by atoms with E-state index in [4.69, 9.17) is 12.2 Å². The zero-order valence-electron chi connectivity index (χ0n) is 14.7. The van der Waals surface area contributed by atoms with Gasteiger partial charge in [-0.2, -0.15) is 0 Å². The fraction of sp³-hybridized carbons (Fsp3) is 0.300. The number of carbonyl (C=O) groups excluding carboxylic acids is 1. The van der Waals surface area contributed by atoms with E-state index >= 15 is 0 Å². The molecule has 2 aromatic rings. The van der Waals surface area contributed by atoms with E-state index in [1.165, 1.54) is 0 Å². The summed E-state index contributed by atoms with van der Waals surface area (Å²) in [6.07, 6.45) is 1.66. The molecule has 136 valence electrons. The summed E-state index contributed by atoms with van der Waals surface area (Å²) in [5, 5.41) is 7.02. The Morgan fingerprint density at radius 3 is 2.58 bits per heavy atom. The summed E-state index contributed by atoms with van der Waals surface area (Å²) in [5.74, 6) is 0.260. The van der Waals surface area contributed by atoms with Gasteiger partial charge in [-0.3, -0.25) is 4.79 Å². The van der Waals surface area contributed by atoms with Crippen molar-refractivity contribution >= 4 is 44.9 Å². The molecule has 1 saturated heterocycles. The number of anilines is 1. The highest BCUT2D eigenvalue weighted by molar-refractivity contribution is 9.10. The predicted octanol–water partition coefficient (Wildman–Crippen LogP) is 4.37. The van der Waals surface area contributed by atoms with Gasteiger partial charge < -0.3 is 15.5 Å². The molecule has 1 fully saturated rings. The van der Waals surface area contributed by atoms with E-state index in [1.807, 2.05) is 30.0 Å². The standard InChI is InChI=1S/C20H22BrN3OS/c1-14-11-17(8-9-18(14)21)23-20(26)22-12-15-4-6-16(7-5-15)13-24-10-2-3-19(24)25/h4-9,11H,2-3,10,12-13H2,1H3,(H2,22,23,26). The number of amides is 1. The third kappa shape index (κ3) is 5.05. The SMILES string of the molecule is Cc1cc(NC(=S)NCc2ccc(CN3CCCC3=O)cc2)ccc1Br. The molecular weight excluding hydrogens is 410 g/mol. The number of halogens is 1. The van der Waals surface area contributed by atoms with Crippen LogP contribution >= 0.6 is 28.1 Å². The van der Waals surface area contributed by atoms with E-state index in [0.717, 1.165) is 39.8 Å². The number of hydrogen-bond acceptors (Lipinski definition) is 2. The van der Waals surface area contributed by atoms with Gasteiger partial charge >= 0.3 is 0 Å². The maximum absolute atomic E-state index is 11.7. The monoisotopic (exact) mass is 431 g/mol. The van der Waals surface area contributed by atoms with Crippen LogP contribution in [-0.4, -0.2) is 22.5 Å². The number of nitrogens with zero attached hydrogens (tertiary/aromatic N) is 1. The van der Waals surface area contributed by atoms with Gasteiger partial charge in [-0.1, -0.05) is 40.2 Å². The predicted molar refractivity (Wildman–Crippen MR) is 113 cm³/mol. The second kappa shape index (κ2) is 8.64. The number of nitrogens with one attached hydrogen (secondary N) is 2. The van der Waals surface area contributed by atoms with Crippen molar-refractivity contribution < 1.29 is 4.79 Å². The van der Waals surface area contributed by atoms with Gasteiger partial charge in [0.15, 0.2) is 5.11 Å². The Kier molecular flexibility index (Phi) is 6.27. The normalized spacial score (nSPS) is 13.8. The lowest BCUT2D eigenvalue weighted by molar-refractivity contribution is -0.128. The van der Waals surface area contributed by atoms with E-state index < -0.39 is 0 Å². The summed E-state index contributed by atoms with van der Waals surface area (Å²) in [6.45, 7) is 4.28. The summed E-state index contributed by atoms with van der Waals surface area (Å²) in [5.41, 5.74) is 4.44. The van der Waals surface area contributed by atoms with Crippen molar-refractivity contribution in [2.24, 2.45) is 0 Å². The Hall–Kier alpha value is -1.92. The third-order valence-electron chi connectivity index (χ3n) is 4.44. The van der Waals surface area contributed by atoms with E-state index in [1.54, 1.807) is 0 Å². The molecule has 0 aliphatic carbocycles. The molecule has 0 radical (unpaired) electrons. The number of rotatable bonds is 5. The van der Waals surface area contributed by atoms with Gasteiger partial charge in [-0.25, -0.2) is 0 Å². The minimum absolute atomic E-state index is 0.260. The molecule has 6 heteroatoms. The smallest absolute Gasteiger partial charge is 0.222 e. The highest BCUT2D eigenvalue weighted by Gasteiger charge is 2.19. The number of likely N-dealkylation sites (tertiary alicyclic amines) is 1. The van der Waals surface area contributed by atoms with Crippen molar-refractivity contribution in [3.63, 3.8) is 0 Å². The van der Waals surface area contributed by atoms with Gasteiger partial charge in [0.25, 0.3) is 0 Å². The van der Waals surface area contributed by atoms with Crippen LogP contribution in [0.15, 0.2) is 46.9 Å². The van der Waals surface area contributed by atoms with E-state index in [-0.39, 0.29) is 5.91 Å². The molecule has 1 amide bonds. The Balaban J connectivity index is 1.48. The van der Waals surface area contributed by atoms with Gasteiger partial charge in [-0.05, 0) is 60.5 Å². The van der Waals surface area contributed by atoms with Gasteiger partial charge in [0.05, 0.1) is 0 Å². The zero-order valence-corrected chi connectivity index (χ0v) is 17.1. The number of benzene rings is 2. The minimum Gasteiger partial charge on any atom is -0.358 e. The first kappa shape index (κ1) is 18.9. The van der Waals surface area contributed by atoms with Crippen molar-refractivity contribution in [2.45, 2.75) is 32.9 Å². The first-order valence-corrected chi connectivity index (χ1v) is 9.88. The number of aryl methyl sites for hydroxylation is 1. The molecule has 0 atom stereocenters. The van der Waals surface area contributed by atoms with Crippen molar-refractivity contribution in [3.8, 4) is 0 Å². The second-order valence-electron chi connectivity index (χ2n) is 6.51. The van der Waals surface area contributed by atoms with Crippen LogP contribution in [0.1, 0.15) is 29.5 Å². The number of hydrogen-bond donors (Lipinski definition) is 2. The zero-order chi connectivity index (χ0) is 18.5. The van der Waals surface area contributed by atoms with Gasteiger partial charge in [0, 0.05) is 36.2 Å². The molecule has 0 unspecified atom stereocenters. The van der Waals surface area contributed by atoms with Crippen LogP contribution in [0.2, 0.25) is 0 Å². The minimum atomic E-state index is 0.260. The Labute approximate surface area is 168 Å². The fourth-order valence-corrected chi connectivity index (χ4v) is 3.37. The highest BCUT2D eigenvalue weighted by Crippen LogP contribution is 2.20. The Morgan fingerprint density at radius 1 is 1.19 bits per heavy atom.